The highest BCUT2D eigenvalue weighted by molar-refractivity contribution is 5.60. The molecule has 0 bridgehead atoms. The van der Waals surface area contributed by atoms with E-state index in [2.05, 4.69) is 16.2 Å². The number of hydrogen-bond donors (Lipinski definition) is 0. The summed E-state index contributed by atoms with van der Waals surface area (Å²) in [5, 5.41) is 12.8. The van der Waals surface area contributed by atoms with Crippen molar-refractivity contribution in [2.24, 2.45) is 0 Å². The maximum atomic E-state index is 8.85. The van der Waals surface area contributed by atoms with Crippen LogP contribution in [0.1, 0.15) is 35.9 Å². The van der Waals surface area contributed by atoms with E-state index in [1.807, 2.05) is 19.1 Å². The molecule has 1 atom stereocenters. The van der Waals surface area contributed by atoms with E-state index in [0.717, 1.165) is 30.6 Å². The monoisotopic (exact) mass is 255 g/mol. The lowest BCUT2D eigenvalue weighted by atomic mass is 10.1. The second kappa shape index (κ2) is 4.82. The second-order valence-electron chi connectivity index (χ2n) is 4.60. The van der Waals surface area contributed by atoms with Crippen molar-refractivity contribution in [2.45, 2.75) is 25.9 Å². The van der Waals surface area contributed by atoms with Crippen LogP contribution in [0.5, 0.6) is 0 Å². The largest absolute Gasteiger partial charge is 0.370 e. The van der Waals surface area contributed by atoms with E-state index in [1.165, 1.54) is 0 Å². The summed E-state index contributed by atoms with van der Waals surface area (Å²) in [6, 6.07) is 7.50. The summed E-state index contributed by atoms with van der Waals surface area (Å²) in [5.41, 5.74) is 2.43. The fourth-order valence-electron chi connectivity index (χ4n) is 2.23. The van der Waals surface area contributed by atoms with Crippen LogP contribution in [-0.4, -0.2) is 16.7 Å². The van der Waals surface area contributed by atoms with Crippen molar-refractivity contribution >= 4 is 0 Å². The molecule has 1 aromatic carbocycles. The summed E-state index contributed by atoms with van der Waals surface area (Å²) >= 11 is 0. The van der Waals surface area contributed by atoms with Crippen LogP contribution in [0.15, 0.2) is 22.7 Å². The van der Waals surface area contributed by atoms with Gasteiger partial charge in [-0.05, 0) is 43.5 Å². The zero-order valence-electron chi connectivity index (χ0n) is 10.6. The van der Waals surface area contributed by atoms with Crippen molar-refractivity contribution in [3.8, 4) is 17.5 Å². The molecule has 3 rings (SSSR count). The molecule has 2 heterocycles. The first kappa shape index (κ1) is 11.9. The van der Waals surface area contributed by atoms with Gasteiger partial charge in [-0.3, -0.25) is 0 Å². The van der Waals surface area contributed by atoms with Gasteiger partial charge in [-0.15, -0.1) is 0 Å². The first-order valence-electron chi connectivity index (χ1n) is 6.24. The first-order chi connectivity index (χ1) is 9.28. The molecule has 2 aromatic rings. The molecule has 1 unspecified atom stereocenters. The van der Waals surface area contributed by atoms with E-state index < -0.39 is 0 Å². The Morgan fingerprint density at radius 3 is 3.00 bits per heavy atom. The molecule has 0 aliphatic carbocycles. The van der Waals surface area contributed by atoms with Gasteiger partial charge in [0.25, 0.3) is 5.89 Å². The van der Waals surface area contributed by atoms with Gasteiger partial charge in [-0.25, -0.2) is 0 Å². The topological polar surface area (TPSA) is 71.9 Å². The number of nitrogens with zero attached hydrogens (tertiary/aromatic N) is 3. The second-order valence-corrected chi connectivity index (χ2v) is 4.60. The standard InChI is InChI=1S/C14H13N3O2/c1-9-7-10(8-15)4-5-11(9)14-16-13(17-19-14)12-3-2-6-18-12/h4-5,7,12H,2-3,6H2,1H3. The van der Waals surface area contributed by atoms with E-state index in [9.17, 15) is 0 Å². The fourth-order valence-corrected chi connectivity index (χ4v) is 2.23. The third-order valence-corrected chi connectivity index (χ3v) is 3.25. The fraction of sp³-hybridized carbons (Fsp3) is 0.357. The Labute approximate surface area is 110 Å². The number of benzene rings is 1. The molecule has 96 valence electrons. The average molecular weight is 255 g/mol. The van der Waals surface area contributed by atoms with Crippen LogP contribution >= 0.6 is 0 Å². The van der Waals surface area contributed by atoms with E-state index >= 15 is 0 Å². The average Bonchev–Trinajstić information content (AvgIpc) is 3.09. The van der Waals surface area contributed by atoms with Gasteiger partial charge in [0.2, 0.25) is 5.82 Å². The maximum absolute atomic E-state index is 8.85. The molecular formula is C14H13N3O2. The summed E-state index contributed by atoms with van der Waals surface area (Å²) in [6.07, 6.45) is 1.92. The van der Waals surface area contributed by atoms with Crippen LogP contribution in [0.25, 0.3) is 11.5 Å². The van der Waals surface area contributed by atoms with Crippen molar-refractivity contribution < 1.29 is 9.26 Å². The molecule has 1 aliphatic heterocycles. The van der Waals surface area contributed by atoms with Crippen molar-refractivity contribution in [2.75, 3.05) is 6.61 Å². The minimum atomic E-state index is -0.0452. The Hall–Kier alpha value is -2.19. The SMILES string of the molecule is Cc1cc(C#N)ccc1-c1nc(C2CCCO2)no1. The van der Waals surface area contributed by atoms with Gasteiger partial charge in [0.1, 0.15) is 6.10 Å². The molecule has 1 aromatic heterocycles. The lowest BCUT2D eigenvalue weighted by Gasteiger charge is -2.02. The number of rotatable bonds is 2. The highest BCUT2D eigenvalue weighted by Crippen LogP contribution is 2.29. The molecule has 5 nitrogen and oxygen atoms in total. The van der Waals surface area contributed by atoms with Crippen LogP contribution in [0, 0.1) is 18.3 Å². The molecule has 1 fully saturated rings. The van der Waals surface area contributed by atoms with E-state index in [-0.39, 0.29) is 6.10 Å². The van der Waals surface area contributed by atoms with Crippen LogP contribution in [-0.2, 0) is 4.74 Å². The predicted molar refractivity (Wildman–Crippen MR) is 67.1 cm³/mol. The normalized spacial score (nSPS) is 18.4. The van der Waals surface area contributed by atoms with Crippen molar-refractivity contribution in [3.63, 3.8) is 0 Å². The van der Waals surface area contributed by atoms with Crippen molar-refractivity contribution in [3.05, 3.63) is 35.2 Å². The maximum Gasteiger partial charge on any atom is 0.258 e. The van der Waals surface area contributed by atoms with Gasteiger partial charge < -0.3 is 9.26 Å². The Kier molecular flexibility index (Phi) is 3.02. The summed E-state index contributed by atoms with van der Waals surface area (Å²) < 4.78 is 10.8. The van der Waals surface area contributed by atoms with Gasteiger partial charge in [-0.2, -0.15) is 10.2 Å². The third kappa shape index (κ3) is 2.23. The molecule has 0 radical (unpaired) electrons. The van der Waals surface area contributed by atoms with Gasteiger partial charge in [0.15, 0.2) is 0 Å². The molecule has 1 aliphatic rings. The molecule has 0 spiro atoms. The van der Waals surface area contributed by atoms with Crippen molar-refractivity contribution in [1.29, 1.82) is 5.26 Å². The summed E-state index contributed by atoms with van der Waals surface area (Å²) in [6.45, 7) is 2.68. The molecule has 0 amide bonds. The Bertz CT molecular complexity index is 636. The molecule has 19 heavy (non-hydrogen) atoms. The predicted octanol–water partition coefficient (Wildman–Crippen LogP) is 2.77. The molecule has 1 saturated heterocycles. The van der Waals surface area contributed by atoms with Crippen LogP contribution in [0.4, 0.5) is 0 Å². The molecule has 0 saturated carbocycles. The number of ether oxygens (including phenoxy) is 1. The molecular weight excluding hydrogens is 242 g/mol. The minimum Gasteiger partial charge on any atom is -0.370 e. The van der Waals surface area contributed by atoms with E-state index in [1.54, 1.807) is 6.07 Å². The summed E-state index contributed by atoms with van der Waals surface area (Å²) in [4.78, 5) is 4.39. The van der Waals surface area contributed by atoms with Crippen molar-refractivity contribution in [1.82, 2.24) is 10.1 Å². The summed E-state index contributed by atoms with van der Waals surface area (Å²) in [7, 11) is 0. The smallest absolute Gasteiger partial charge is 0.258 e. The quantitative estimate of drug-likeness (QED) is 0.825. The van der Waals surface area contributed by atoms with Gasteiger partial charge >= 0.3 is 0 Å². The van der Waals surface area contributed by atoms with Gasteiger partial charge in [0.05, 0.1) is 11.6 Å². The number of hydrogen-bond acceptors (Lipinski definition) is 5. The highest BCUT2D eigenvalue weighted by Gasteiger charge is 2.23. The lowest BCUT2D eigenvalue weighted by Crippen LogP contribution is -1.97. The highest BCUT2D eigenvalue weighted by atomic mass is 16.5. The minimum absolute atomic E-state index is 0.0452. The molecule has 5 heteroatoms. The van der Waals surface area contributed by atoms with Crippen LogP contribution in [0.3, 0.4) is 0 Å². The van der Waals surface area contributed by atoms with Crippen LogP contribution in [0.2, 0.25) is 0 Å². The Morgan fingerprint density at radius 1 is 1.42 bits per heavy atom. The Balaban J connectivity index is 1.92. The third-order valence-electron chi connectivity index (χ3n) is 3.25. The summed E-state index contributed by atoms with van der Waals surface area (Å²) in [5.74, 6) is 1.09. The number of nitriles is 1. The number of aromatic nitrogens is 2. The zero-order valence-corrected chi connectivity index (χ0v) is 10.6. The van der Waals surface area contributed by atoms with E-state index in [0.29, 0.717) is 17.3 Å². The first-order valence-corrected chi connectivity index (χ1v) is 6.24. The lowest BCUT2D eigenvalue weighted by molar-refractivity contribution is 0.103. The molecule has 0 N–H and O–H groups in total. The number of aryl methyl sites for hydroxylation is 1. The van der Waals surface area contributed by atoms with Gasteiger partial charge in [0, 0.05) is 12.2 Å². The van der Waals surface area contributed by atoms with Crippen LogP contribution < -0.4 is 0 Å². The van der Waals surface area contributed by atoms with Gasteiger partial charge in [-0.1, -0.05) is 5.16 Å². The Morgan fingerprint density at radius 2 is 2.32 bits per heavy atom. The zero-order chi connectivity index (χ0) is 13.2. The van der Waals surface area contributed by atoms with E-state index in [4.69, 9.17) is 14.5 Å².